The predicted octanol–water partition coefficient (Wildman–Crippen LogP) is 4.45. The van der Waals surface area contributed by atoms with Gasteiger partial charge >= 0.3 is 0 Å². The summed E-state index contributed by atoms with van der Waals surface area (Å²) in [6, 6.07) is 9.29. The Morgan fingerprint density at radius 3 is 2.58 bits per heavy atom. The summed E-state index contributed by atoms with van der Waals surface area (Å²) in [5.74, 6) is 0.917. The molecule has 2 heterocycles. The van der Waals surface area contributed by atoms with E-state index in [-0.39, 0.29) is 5.91 Å². The van der Waals surface area contributed by atoms with E-state index in [1.54, 1.807) is 49.1 Å². The van der Waals surface area contributed by atoms with Gasteiger partial charge in [0, 0.05) is 22.0 Å². The first-order chi connectivity index (χ1) is 11.6. The van der Waals surface area contributed by atoms with Crippen LogP contribution in [0.4, 0.5) is 5.69 Å². The number of thiazole rings is 1. The summed E-state index contributed by atoms with van der Waals surface area (Å²) in [6.45, 7) is 2.05. The first-order valence-corrected chi connectivity index (χ1v) is 8.86. The molecule has 0 atom stereocenters. The van der Waals surface area contributed by atoms with Gasteiger partial charge in [-0.05, 0) is 31.2 Å². The molecule has 5 nitrogen and oxygen atoms in total. The van der Waals surface area contributed by atoms with Gasteiger partial charge in [-0.25, -0.2) is 4.98 Å². The Morgan fingerprint density at radius 2 is 1.92 bits per heavy atom. The fourth-order valence-electron chi connectivity index (χ4n) is 2.15. The molecule has 1 N–H and O–H groups in total. The summed E-state index contributed by atoms with van der Waals surface area (Å²) in [6.07, 6.45) is 0. The molecule has 1 amide bonds. The number of nitrogens with one attached hydrogen (secondary N) is 1. The third kappa shape index (κ3) is 3.42. The summed E-state index contributed by atoms with van der Waals surface area (Å²) in [5, 5.41) is 5.44. The van der Waals surface area contributed by atoms with Crippen LogP contribution in [0, 0.1) is 6.92 Å². The SMILES string of the molecule is COc1ccc(NC(=O)c2csc(-c3ccc(C)s3)n2)cc1OC. The van der Waals surface area contributed by atoms with Crippen molar-refractivity contribution < 1.29 is 14.3 Å². The van der Waals surface area contributed by atoms with Crippen molar-refractivity contribution in [1.29, 1.82) is 0 Å². The molecule has 2 aromatic heterocycles. The van der Waals surface area contributed by atoms with E-state index in [9.17, 15) is 4.79 Å². The van der Waals surface area contributed by atoms with E-state index < -0.39 is 0 Å². The molecule has 0 bridgehead atoms. The largest absolute Gasteiger partial charge is 0.493 e. The maximum Gasteiger partial charge on any atom is 0.275 e. The lowest BCUT2D eigenvalue weighted by Gasteiger charge is -2.09. The molecule has 0 fully saturated rings. The van der Waals surface area contributed by atoms with E-state index >= 15 is 0 Å². The smallest absolute Gasteiger partial charge is 0.275 e. The monoisotopic (exact) mass is 360 g/mol. The van der Waals surface area contributed by atoms with E-state index in [1.807, 2.05) is 19.1 Å². The predicted molar refractivity (Wildman–Crippen MR) is 97.7 cm³/mol. The molecule has 0 aliphatic carbocycles. The minimum Gasteiger partial charge on any atom is -0.493 e. The first kappa shape index (κ1) is 16.5. The number of aryl methyl sites for hydroxylation is 1. The maximum absolute atomic E-state index is 12.4. The molecule has 0 aliphatic rings. The second-order valence-corrected chi connectivity index (χ2v) is 7.12. The zero-order valence-corrected chi connectivity index (χ0v) is 15.1. The molecule has 0 radical (unpaired) electrons. The first-order valence-electron chi connectivity index (χ1n) is 7.16. The molecule has 7 heteroatoms. The number of thiophene rings is 1. The summed E-state index contributed by atoms with van der Waals surface area (Å²) < 4.78 is 10.4. The molecule has 0 saturated carbocycles. The minimum atomic E-state index is -0.252. The maximum atomic E-state index is 12.4. The van der Waals surface area contributed by atoms with Gasteiger partial charge in [0.25, 0.3) is 5.91 Å². The lowest BCUT2D eigenvalue weighted by atomic mass is 10.2. The zero-order chi connectivity index (χ0) is 17.1. The average molecular weight is 360 g/mol. The Morgan fingerprint density at radius 1 is 1.12 bits per heavy atom. The number of carbonyl (C=O) groups is 1. The number of aromatic nitrogens is 1. The van der Waals surface area contributed by atoms with Crippen molar-refractivity contribution in [3.8, 4) is 21.4 Å². The van der Waals surface area contributed by atoms with Crippen LogP contribution in [0.1, 0.15) is 15.4 Å². The molecule has 0 unspecified atom stereocenters. The molecule has 24 heavy (non-hydrogen) atoms. The van der Waals surface area contributed by atoms with Crippen molar-refractivity contribution >= 4 is 34.3 Å². The van der Waals surface area contributed by atoms with Crippen molar-refractivity contribution in [2.24, 2.45) is 0 Å². The fraction of sp³-hybridized carbons (Fsp3) is 0.176. The van der Waals surface area contributed by atoms with Crippen LogP contribution in [0.3, 0.4) is 0 Å². The number of hydrogen-bond acceptors (Lipinski definition) is 6. The summed E-state index contributed by atoms with van der Waals surface area (Å²) >= 11 is 3.13. The number of benzene rings is 1. The van der Waals surface area contributed by atoms with Crippen molar-refractivity contribution in [3.63, 3.8) is 0 Å². The van der Waals surface area contributed by atoms with Crippen molar-refractivity contribution in [2.75, 3.05) is 19.5 Å². The molecule has 1 aromatic carbocycles. The molecule has 0 aliphatic heterocycles. The highest BCUT2D eigenvalue weighted by Crippen LogP contribution is 2.32. The Bertz CT molecular complexity index is 870. The molecule has 3 rings (SSSR count). The molecule has 124 valence electrons. The van der Waals surface area contributed by atoms with E-state index in [4.69, 9.17) is 9.47 Å². The van der Waals surface area contributed by atoms with Gasteiger partial charge in [-0.1, -0.05) is 0 Å². The number of methoxy groups -OCH3 is 2. The highest BCUT2D eigenvalue weighted by molar-refractivity contribution is 7.21. The number of ether oxygens (including phenoxy) is 2. The van der Waals surface area contributed by atoms with Gasteiger partial charge in [0.15, 0.2) is 11.5 Å². The minimum absolute atomic E-state index is 0.252. The van der Waals surface area contributed by atoms with E-state index in [1.165, 1.54) is 16.2 Å². The highest BCUT2D eigenvalue weighted by atomic mass is 32.1. The molecular formula is C17H16N2O3S2. The Balaban J connectivity index is 1.77. The Kier molecular flexibility index (Phi) is 4.82. The van der Waals surface area contributed by atoms with E-state index in [2.05, 4.69) is 10.3 Å². The van der Waals surface area contributed by atoms with Gasteiger partial charge in [-0.2, -0.15) is 0 Å². The van der Waals surface area contributed by atoms with Gasteiger partial charge < -0.3 is 14.8 Å². The second kappa shape index (κ2) is 7.02. The summed E-state index contributed by atoms with van der Waals surface area (Å²) in [4.78, 5) is 19.1. The highest BCUT2D eigenvalue weighted by Gasteiger charge is 2.14. The van der Waals surface area contributed by atoms with E-state index in [0.717, 1.165) is 9.88 Å². The number of rotatable bonds is 5. The van der Waals surface area contributed by atoms with Crippen LogP contribution < -0.4 is 14.8 Å². The average Bonchev–Trinajstić information content (AvgIpc) is 3.23. The van der Waals surface area contributed by atoms with Crippen molar-refractivity contribution in [3.05, 3.63) is 46.3 Å². The van der Waals surface area contributed by atoms with Crippen LogP contribution in [-0.4, -0.2) is 25.1 Å². The van der Waals surface area contributed by atoms with Crippen LogP contribution in [0.25, 0.3) is 9.88 Å². The normalized spacial score (nSPS) is 10.5. The standard InChI is InChI=1S/C17H16N2O3S2/c1-10-4-7-15(24-10)17-19-12(9-23-17)16(20)18-11-5-6-13(21-2)14(8-11)22-3/h4-9H,1-3H3,(H,18,20). The molecular weight excluding hydrogens is 344 g/mol. The van der Waals surface area contributed by atoms with Gasteiger partial charge in [-0.3, -0.25) is 4.79 Å². The van der Waals surface area contributed by atoms with Gasteiger partial charge in [-0.15, -0.1) is 22.7 Å². The number of hydrogen-bond donors (Lipinski definition) is 1. The van der Waals surface area contributed by atoms with Gasteiger partial charge in [0.1, 0.15) is 10.7 Å². The van der Waals surface area contributed by atoms with Crippen LogP contribution in [0.15, 0.2) is 35.7 Å². The number of anilines is 1. The van der Waals surface area contributed by atoms with Gasteiger partial charge in [0.2, 0.25) is 0 Å². The quantitative estimate of drug-likeness (QED) is 0.730. The molecule has 0 saturated heterocycles. The summed E-state index contributed by atoms with van der Waals surface area (Å²) in [5.41, 5.74) is 1.02. The summed E-state index contributed by atoms with van der Waals surface area (Å²) in [7, 11) is 3.12. The van der Waals surface area contributed by atoms with Crippen LogP contribution in [-0.2, 0) is 0 Å². The third-order valence-electron chi connectivity index (χ3n) is 3.33. The van der Waals surface area contributed by atoms with Crippen molar-refractivity contribution in [2.45, 2.75) is 6.92 Å². The fourth-order valence-corrected chi connectivity index (χ4v) is 3.89. The lowest BCUT2D eigenvalue weighted by molar-refractivity contribution is 0.102. The molecule has 3 aromatic rings. The topological polar surface area (TPSA) is 60.5 Å². The number of nitrogens with zero attached hydrogens (tertiary/aromatic N) is 1. The number of carbonyl (C=O) groups excluding carboxylic acids is 1. The third-order valence-corrected chi connectivity index (χ3v) is 5.34. The van der Waals surface area contributed by atoms with Crippen LogP contribution in [0.2, 0.25) is 0 Å². The number of amides is 1. The Labute approximate surface area is 147 Å². The Hall–Kier alpha value is -2.38. The van der Waals surface area contributed by atoms with Crippen LogP contribution >= 0.6 is 22.7 Å². The van der Waals surface area contributed by atoms with Gasteiger partial charge in [0.05, 0.1) is 19.1 Å². The van der Waals surface area contributed by atoms with E-state index in [0.29, 0.717) is 22.9 Å². The molecule has 0 spiro atoms. The zero-order valence-electron chi connectivity index (χ0n) is 13.5. The van der Waals surface area contributed by atoms with Crippen LogP contribution in [0.5, 0.6) is 11.5 Å². The second-order valence-electron chi connectivity index (χ2n) is 4.97. The van der Waals surface area contributed by atoms with Crippen molar-refractivity contribution in [1.82, 2.24) is 4.98 Å². The lowest BCUT2D eigenvalue weighted by Crippen LogP contribution is -2.12.